The van der Waals surface area contributed by atoms with Gasteiger partial charge in [0, 0.05) is 5.75 Å². The SMILES string of the molecule is Cl.c1ccc(CSc2nnc(C3CCCN3)o2)cc1. The summed E-state index contributed by atoms with van der Waals surface area (Å²) in [5.41, 5.74) is 1.27. The lowest BCUT2D eigenvalue weighted by Gasteiger charge is -2.02. The zero-order valence-electron chi connectivity index (χ0n) is 10.4. The van der Waals surface area contributed by atoms with Crippen LogP contribution in [0.1, 0.15) is 30.3 Å². The predicted molar refractivity (Wildman–Crippen MR) is 77.5 cm³/mol. The van der Waals surface area contributed by atoms with E-state index in [4.69, 9.17) is 4.42 Å². The topological polar surface area (TPSA) is 51.0 Å². The molecule has 1 N–H and O–H groups in total. The zero-order chi connectivity index (χ0) is 12.2. The molecule has 0 radical (unpaired) electrons. The highest BCUT2D eigenvalue weighted by Gasteiger charge is 2.22. The molecule has 0 aliphatic carbocycles. The van der Waals surface area contributed by atoms with Gasteiger partial charge in [-0.3, -0.25) is 0 Å². The Hall–Kier alpha value is -1.04. The second-order valence-corrected chi connectivity index (χ2v) is 5.26. The molecular weight excluding hydrogens is 282 g/mol. The zero-order valence-corrected chi connectivity index (χ0v) is 12.0. The van der Waals surface area contributed by atoms with Crippen LogP contribution in [0.4, 0.5) is 0 Å². The van der Waals surface area contributed by atoms with Gasteiger partial charge in [0.25, 0.3) is 5.22 Å². The lowest BCUT2D eigenvalue weighted by atomic mass is 10.2. The third-order valence-electron chi connectivity index (χ3n) is 2.99. The van der Waals surface area contributed by atoms with Crippen LogP contribution in [0, 0.1) is 0 Å². The third-order valence-corrected chi connectivity index (χ3v) is 3.88. The molecule has 0 saturated carbocycles. The number of hydrogen-bond donors (Lipinski definition) is 1. The van der Waals surface area contributed by atoms with Gasteiger partial charge in [0.05, 0.1) is 6.04 Å². The lowest BCUT2D eigenvalue weighted by Crippen LogP contribution is -2.12. The highest BCUT2D eigenvalue weighted by Crippen LogP contribution is 2.26. The Bertz CT molecular complexity index is 500. The van der Waals surface area contributed by atoms with Gasteiger partial charge >= 0.3 is 0 Å². The Kier molecular flexibility index (Phi) is 5.24. The van der Waals surface area contributed by atoms with E-state index in [2.05, 4.69) is 27.6 Å². The van der Waals surface area contributed by atoms with E-state index in [9.17, 15) is 0 Å². The molecule has 1 saturated heterocycles. The van der Waals surface area contributed by atoms with Crippen LogP contribution in [-0.2, 0) is 5.75 Å². The Morgan fingerprint density at radius 3 is 2.84 bits per heavy atom. The molecule has 102 valence electrons. The molecule has 0 bridgehead atoms. The maximum Gasteiger partial charge on any atom is 0.276 e. The summed E-state index contributed by atoms with van der Waals surface area (Å²) < 4.78 is 5.67. The van der Waals surface area contributed by atoms with Gasteiger partial charge in [0.15, 0.2) is 0 Å². The predicted octanol–water partition coefficient (Wildman–Crippen LogP) is 3.21. The maximum absolute atomic E-state index is 5.67. The molecule has 1 aliphatic heterocycles. The summed E-state index contributed by atoms with van der Waals surface area (Å²) in [6.45, 7) is 1.04. The number of halogens is 1. The van der Waals surface area contributed by atoms with E-state index in [0.717, 1.165) is 24.6 Å². The van der Waals surface area contributed by atoms with Crippen molar-refractivity contribution in [3.05, 3.63) is 41.8 Å². The van der Waals surface area contributed by atoms with E-state index in [1.54, 1.807) is 11.8 Å². The van der Waals surface area contributed by atoms with Gasteiger partial charge in [-0.1, -0.05) is 42.1 Å². The van der Waals surface area contributed by atoms with Crippen LogP contribution >= 0.6 is 24.2 Å². The van der Waals surface area contributed by atoms with Gasteiger partial charge in [0.2, 0.25) is 5.89 Å². The van der Waals surface area contributed by atoms with Crippen molar-refractivity contribution >= 4 is 24.2 Å². The summed E-state index contributed by atoms with van der Waals surface area (Å²) in [5, 5.41) is 12.2. The molecular formula is C13H16ClN3OS. The monoisotopic (exact) mass is 297 g/mol. The molecule has 1 aromatic carbocycles. The molecule has 0 amide bonds. The van der Waals surface area contributed by atoms with Crippen molar-refractivity contribution in [3.63, 3.8) is 0 Å². The minimum absolute atomic E-state index is 0. The molecule has 2 aromatic rings. The van der Waals surface area contributed by atoms with E-state index >= 15 is 0 Å². The average Bonchev–Trinajstić information content (AvgIpc) is 3.08. The van der Waals surface area contributed by atoms with Gasteiger partial charge < -0.3 is 9.73 Å². The van der Waals surface area contributed by atoms with Crippen molar-refractivity contribution in [1.29, 1.82) is 0 Å². The number of rotatable bonds is 4. The third kappa shape index (κ3) is 3.72. The van der Waals surface area contributed by atoms with E-state index in [0.29, 0.717) is 5.22 Å². The summed E-state index contributed by atoms with van der Waals surface area (Å²) in [6.07, 6.45) is 2.27. The molecule has 2 heterocycles. The first kappa shape index (κ1) is 14.4. The molecule has 1 unspecified atom stereocenters. The highest BCUT2D eigenvalue weighted by molar-refractivity contribution is 7.98. The van der Waals surface area contributed by atoms with Crippen molar-refractivity contribution in [1.82, 2.24) is 15.5 Å². The molecule has 0 spiro atoms. The van der Waals surface area contributed by atoms with E-state index in [1.807, 2.05) is 18.2 Å². The van der Waals surface area contributed by atoms with Crippen molar-refractivity contribution in [2.75, 3.05) is 6.54 Å². The van der Waals surface area contributed by atoms with E-state index in [1.165, 1.54) is 12.0 Å². The van der Waals surface area contributed by atoms with Gasteiger partial charge in [0.1, 0.15) is 0 Å². The number of nitrogens with zero attached hydrogens (tertiary/aromatic N) is 2. The Morgan fingerprint density at radius 2 is 2.11 bits per heavy atom. The van der Waals surface area contributed by atoms with Crippen LogP contribution in [0.15, 0.2) is 40.0 Å². The smallest absolute Gasteiger partial charge is 0.276 e. The summed E-state index contributed by atoms with van der Waals surface area (Å²) >= 11 is 1.59. The van der Waals surface area contributed by atoms with Gasteiger partial charge in [-0.15, -0.1) is 22.6 Å². The molecule has 19 heavy (non-hydrogen) atoms. The van der Waals surface area contributed by atoms with Crippen LogP contribution in [0.5, 0.6) is 0 Å². The first-order valence-corrected chi connectivity index (χ1v) is 7.14. The first-order chi connectivity index (χ1) is 8.92. The second-order valence-electron chi connectivity index (χ2n) is 4.33. The normalized spacial score (nSPS) is 18.2. The summed E-state index contributed by atoms with van der Waals surface area (Å²) in [7, 11) is 0. The van der Waals surface area contributed by atoms with Gasteiger partial charge in [-0.2, -0.15) is 0 Å². The second kappa shape index (κ2) is 6.93. The fourth-order valence-electron chi connectivity index (χ4n) is 2.03. The first-order valence-electron chi connectivity index (χ1n) is 6.15. The van der Waals surface area contributed by atoms with Crippen molar-refractivity contribution < 1.29 is 4.42 Å². The molecule has 6 heteroatoms. The fraction of sp³-hybridized carbons (Fsp3) is 0.385. The summed E-state index contributed by atoms with van der Waals surface area (Å²) in [6, 6.07) is 10.6. The van der Waals surface area contributed by atoms with E-state index < -0.39 is 0 Å². The fourth-order valence-corrected chi connectivity index (χ4v) is 2.76. The molecule has 3 rings (SSSR count). The number of thioether (sulfide) groups is 1. The minimum Gasteiger partial charge on any atom is -0.414 e. The standard InChI is InChI=1S/C13H15N3OS.ClH/c1-2-5-10(6-3-1)9-18-13-16-15-12(17-13)11-7-4-8-14-11;/h1-3,5-6,11,14H,4,7-9H2;1H. The maximum atomic E-state index is 5.67. The van der Waals surface area contributed by atoms with Crippen LogP contribution in [0.2, 0.25) is 0 Å². The number of aromatic nitrogens is 2. The van der Waals surface area contributed by atoms with Crippen LogP contribution in [0.3, 0.4) is 0 Å². The van der Waals surface area contributed by atoms with Crippen LogP contribution < -0.4 is 5.32 Å². The molecule has 1 aliphatic rings. The van der Waals surface area contributed by atoms with Gasteiger partial charge in [-0.05, 0) is 24.9 Å². The number of benzene rings is 1. The quantitative estimate of drug-likeness (QED) is 0.878. The Morgan fingerprint density at radius 1 is 1.26 bits per heavy atom. The minimum atomic E-state index is 0. The Labute approximate surface area is 122 Å². The van der Waals surface area contributed by atoms with Crippen LogP contribution in [-0.4, -0.2) is 16.7 Å². The van der Waals surface area contributed by atoms with Crippen molar-refractivity contribution in [2.45, 2.75) is 29.9 Å². The van der Waals surface area contributed by atoms with Crippen molar-refractivity contribution in [2.24, 2.45) is 0 Å². The lowest BCUT2D eigenvalue weighted by molar-refractivity contribution is 0.374. The van der Waals surface area contributed by atoms with Gasteiger partial charge in [-0.25, -0.2) is 0 Å². The largest absolute Gasteiger partial charge is 0.414 e. The highest BCUT2D eigenvalue weighted by atomic mass is 35.5. The van der Waals surface area contributed by atoms with Crippen LogP contribution in [0.25, 0.3) is 0 Å². The number of hydrogen-bond acceptors (Lipinski definition) is 5. The Balaban J connectivity index is 0.00000133. The molecule has 1 atom stereocenters. The summed E-state index contributed by atoms with van der Waals surface area (Å²) in [5.74, 6) is 1.59. The molecule has 1 aromatic heterocycles. The molecule has 1 fully saturated rings. The number of nitrogens with one attached hydrogen (secondary N) is 1. The summed E-state index contributed by atoms with van der Waals surface area (Å²) in [4.78, 5) is 0. The van der Waals surface area contributed by atoms with Crippen molar-refractivity contribution in [3.8, 4) is 0 Å². The van der Waals surface area contributed by atoms with E-state index in [-0.39, 0.29) is 18.4 Å². The average molecular weight is 298 g/mol. The molecule has 4 nitrogen and oxygen atoms in total.